The van der Waals surface area contributed by atoms with Gasteiger partial charge in [-0.05, 0) is 25.0 Å². The predicted octanol–water partition coefficient (Wildman–Crippen LogP) is 0.978. The molecular formula is C15H19N3OS. The Hall–Kier alpha value is -1.35. The van der Waals surface area contributed by atoms with Crippen molar-refractivity contribution in [3.63, 3.8) is 0 Å². The number of carbonyl (C=O) groups excluding carboxylic acids is 1. The fraction of sp³-hybridized carbons (Fsp3) is 0.533. The average Bonchev–Trinajstić information content (AvgIpc) is 3.23. The van der Waals surface area contributed by atoms with E-state index in [1.165, 1.54) is 24.2 Å². The molecule has 5 heteroatoms. The van der Waals surface area contributed by atoms with Gasteiger partial charge in [-0.15, -0.1) is 11.3 Å². The number of nitrogens with zero attached hydrogens (tertiary/aromatic N) is 2. The molecule has 4 nitrogen and oxygen atoms in total. The van der Waals surface area contributed by atoms with Crippen molar-refractivity contribution in [3.8, 4) is 11.8 Å². The van der Waals surface area contributed by atoms with Gasteiger partial charge in [-0.25, -0.2) is 0 Å². The molecule has 0 radical (unpaired) electrons. The highest BCUT2D eigenvalue weighted by Crippen LogP contribution is 2.28. The maximum atomic E-state index is 12.4. The van der Waals surface area contributed by atoms with Gasteiger partial charge >= 0.3 is 0 Å². The van der Waals surface area contributed by atoms with Gasteiger partial charge in [0.25, 0.3) is 5.91 Å². The van der Waals surface area contributed by atoms with Crippen LogP contribution in [-0.4, -0.2) is 54.5 Å². The molecule has 2 N–H and O–H groups in total. The molecule has 0 aromatic carbocycles. The largest absolute Gasteiger partial charge is 0.335 e. The quantitative estimate of drug-likeness (QED) is 0.826. The van der Waals surface area contributed by atoms with Crippen LogP contribution < -0.4 is 5.73 Å². The molecule has 1 saturated heterocycles. The lowest BCUT2D eigenvalue weighted by Gasteiger charge is -2.34. The van der Waals surface area contributed by atoms with Crippen LogP contribution in [0.2, 0.25) is 0 Å². The molecule has 1 saturated carbocycles. The lowest BCUT2D eigenvalue weighted by atomic mass is 10.3. The fourth-order valence-electron chi connectivity index (χ4n) is 2.54. The molecule has 1 aliphatic carbocycles. The molecule has 1 aliphatic heterocycles. The fourth-order valence-corrected chi connectivity index (χ4v) is 3.39. The molecule has 1 amide bonds. The molecule has 1 aromatic rings. The maximum absolute atomic E-state index is 12.4. The van der Waals surface area contributed by atoms with Crippen LogP contribution in [0.15, 0.2) is 12.1 Å². The Morgan fingerprint density at radius 1 is 1.30 bits per heavy atom. The Morgan fingerprint density at radius 3 is 2.70 bits per heavy atom. The number of amides is 1. The number of piperazine rings is 1. The third-order valence-electron chi connectivity index (χ3n) is 3.80. The van der Waals surface area contributed by atoms with Gasteiger partial charge in [0.15, 0.2) is 0 Å². The predicted molar refractivity (Wildman–Crippen MR) is 80.7 cm³/mol. The summed E-state index contributed by atoms with van der Waals surface area (Å²) < 4.78 is 0. The van der Waals surface area contributed by atoms with Gasteiger partial charge in [0, 0.05) is 32.2 Å². The monoisotopic (exact) mass is 289 g/mol. The number of carbonyl (C=O) groups is 1. The van der Waals surface area contributed by atoms with Gasteiger partial charge in [0.1, 0.15) is 0 Å². The molecule has 0 spiro atoms. The van der Waals surface area contributed by atoms with Crippen molar-refractivity contribution in [2.24, 2.45) is 5.73 Å². The summed E-state index contributed by atoms with van der Waals surface area (Å²) in [6, 6.07) is 4.58. The van der Waals surface area contributed by atoms with E-state index in [1.54, 1.807) is 0 Å². The highest BCUT2D eigenvalue weighted by atomic mass is 32.1. The number of thiophene rings is 1. The van der Waals surface area contributed by atoms with Crippen LogP contribution in [0.5, 0.6) is 0 Å². The molecule has 2 fully saturated rings. The van der Waals surface area contributed by atoms with Crippen molar-refractivity contribution in [3.05, 3.63) is 21.9 Å². The second-order valence-corrected chi connectivity index (χ2v) is 6.31. The zero-order valence-corrected chi connectivity index (χ0v) is 12.3. The second kappa shape index (κ2) is 5.96. The lowest BCUT2D eigenvalue weighted by molar-refractivity contribution is 0.0632. The highest BCUT2D eigenvalue weighted by molar-refractivity contribution is 7.14. The van der Waals surface area contributed by atoms with Crippen molar-refractivity contribution in [2.75, 3.05) is 32.7 Å². The number of hydrogen-bond acceptors (Lipinski definition) is 4. The second-order valence-electron chi connectivity index (χ2n) is 5.23. The summed E-state index contributed by atoms with van der Waals surface area (Å²) in [5.41, 5.74) is 5.35. The summed E-state index contributed by atoms with van der Waals surface area (Å²) in [5.74, 6) is 5.94. The van der Waals surface area contributed by atoms with E-state index in [0.29, 0.717) is 6.54 Å². The van der Waals surface area contributed by atoms with Crippen LogP contribution in [0.1, 0.15) is 27.4 Å². The first-order chi connectivity index (χ1) is 9.78. The van der Waals surface area contributed by atoms with E-state index in [1.807, 2.05) is 17.0 Å². The summed E-state index contributed by atoms with van der Waals surface area (Å²) in [6.45, 7) is 4.07. The Bertz CT molecular complexity index is 545. The molecule has 0 bridgehead atoms. The third kappa shape index (κ3) is 3.04. The van der Waals surface area contributed by atoms with Gasteiger partial charge < -0.3 is 10.6 Å². The number of nitrogens with two attached hydrogens (primary N) is 1. The molecular weight excluding hydrogens is 270 g/mol. The van der Waals surface area contributed by atoms with Gasteiger partial charge in [-0.3, -0.25) is 9.69 Å². The molecule has 106 valence electrons. The van der Waals surface area contributed by atoms with Crippen LogP contribution in [-0.2, 0) is 0 Å². The minimum atomic E-state index is 0.145. The zero-order valence-electron chi connectivity index (χ0n) is 11.5. The van der Waals surface area contributed by atoms with Gasteiger partial charge in [0.2, 0.25) is 0 Å². The van der Waals surface area contributed by atoms with Crippen LogP contribution in [0.4, 0.5) is 0 Å². The lowest BCUT2D eigenvalue weighted by Crippen LogP contribution is -2.49. The Labute approximate surface area is 123 Å². The smallest absolute Gasteiger partial charge is 0.264 e. The SMILES string of the molecule is NCC#Cc1ccc(C(=O)N2CCN(C3CC3)CC2)s1. The Balaban J connectivity index is 1.59. The first kappa shape index (κ1) is 13.6. The molecule has 2 aliphatic rings. The summed E-state index contributed by atoms with van der Waals surface area (Å²) in [7, 11) is 0. The number of rotatable bonds is 2. The van der Waals surface area contributed by atoms with Crippen molar-refractivity contribution < 1.29 is 4.79 Å². The van der Waals surface area contributed by atoms with E-state index in [9.17, 15) is 4.79 Å². The van der Waals surface area contributed by atoms with Gasteiger partial charge in [-0.1, -0.05) is 11.8 Å². The molecule has 3 rings (SSSR count). The van der Waals surface area contributed by atoms with Crippen molar-refractivity contribution in [1.82, 2.24) is 9.80 Å². The normalized spacial score (nSPS) is 19.6. The maximum Gasteiger partial charge on any atom is 0.264 e. The van der Waals surface area contributed by atoms with Crippen molar-refractivity contribution in [2.45, 2.75) is 18.9 Å². The zero-order chi connectivity index (χ0) is 13.9. The Kier molecular flexibility index (Phi) is 4.06. The van der Waals surface area contributed by atoms with E-state index in [2.05, 4.69) is 16.7 Å². The topological polar surface area (TPSA) is 49.6 Å². The van der Waals surface area contributed by atoms with Crippen molar-refractivity contribution >= 4 is 17.2 Å². The van der Waals surface area contributed by atoms with Gasteiger partial charge in [-0.2, -0.15) is 0 Å². The first-order valence-corrected chi connectivity index (χ1v) is 7.91. The van der Waals surface area contributed by atoms with Crippen LogP contribution >= 0.6 is 11.3 Å². The molecule has 20 heavy (non-hydrogen) atoms. The average molecular weight is 289 g/mol. The third-order valence-corrected chi connectivity index (χ3v) is 4.78. The molecule has 0 unspecified atom stereocenters. The first-order valence-electron chi connectivity index (χ1n) is 7.10. The molecule has 0 atom stereocenters. The summed E-state index contributed by atoms with van der Waals surface area (Å²) in [5, 5.41) is 0. The summed E-state index contributed by atoms with van der Waals surface area (Å²) in [6.07, 6.45) is 2.67. The van der Waals surface area contributed by atoms with Gasteiger partial charge in [0.05, 0.1) is 16.3 Å². The minimum absolute atomic E-state index is 0.145. The highest BCUT2D eigenvalue weighted by Gasteiger charge is 2.32. The van der Waals surface area contributed by atoms with E-state index in [4.69, 9.17) is 5.73 Å². The molecule has 1 aromatic heterocycles. The minimum Gasteiger partial charge on any atom is -0.335 e. The van der Waals surface area contributed by atoms with Crippen LogP contribution in [0.3, 0.4) is 0 Å². The van der Waals surface area contributed by atoms with E-state index in [0.717, 1.165) is 42.0 Å². The summed E-state index contributed by atoms with van der Waals surface area (Å²) in [4.78, 5) is 18.6. The van der Waals surface area contributed by atoms with Crippen LogP contribution in [0, 0.1) is 11.8 Å². The molecule has 2 heterocycles. The van der Waals surface area contributed by atoms with Crippen LogP contribution in [0.25, 0.3) is 0 Å². The Morgan fingerprint density at radius 2 is 2.05 bits per heavy atom. The van der Waals surface area contributed by atoms with E-state index < -0.39 is 0 Å². The standard InChI is InChI=1S/C15H19N3OS/c16-7-1-2-13-5-6-14(20-13)15(19)18-10-8-17(9-11-18)12-3-4-12/h5-6,12H,3-4,7-11,16H2. The summed E-state index contributed by atoms with van der Waals surface area (Å²) >= 11 is 1.46. The van der Waals surface area contributed by atoms with E-state index in [-0.39, 0.29) is 5.91 Å². The number of hydrogen-bond donors (Lipinski definition) is 1. The van der Waals surface area contributed by atoms with Crippen molar-refractivity contribution in [1.29, 1.82) is 0 Å². The van der Waals surface area contributed by atoms with E-state index >= 15 is 0 Å².